The highest BCUT2D eigenvalue weighted by molar-refractivity contribution is 7.89. The van der Waals surface area contributed by atoms with Crippen molar-refractivity contribution in [1.82, 2.24) is 4.31 Å². The molecule has 2 aromatic carbocycles. The number of Topliss-reactive ketones (excluding diaryl/α,β-unsaturated/α-hetero) is 1. The summed E-state index contributed by atoms with van der Waals surface area (Å²) in [4.78, 5) is 13.1. The maximum absolute atomic E-state index is 12.9. The predicted molar refractivity (Wildman–Crippen MR) is 98.2 cm³/mol. The zero-order valence-corrected chi connectivity index (χ0v) is 15.4. The van der Waals surface area contributed by atoms with Crippen LogP contribution in [0.25, 0.3) is 0 Å². The third-order valence-electron chi connectivity index (χ3n) is 4.72. The van der Waals surface area contributed by atoms with Gasteiger partial charge in [-0.2, -0.15) is 4.31 Å². The first kappa shape index (κ1) is 17.8. The van der Waals surface area contributed by atoms with E-state index in [1.54, 1.807) is 18.2 Å². The van der Waals surface area contributed by atoms with Crippen LogP contribution in [0.1, 0.15) is 34.3 Å². The first-order valence-electron chi connectivity index (χ1n) is 8.55. The summed E-state index contributed by atoms with van der Waals surface area (Å²) < 4.78 is 27.3. The van der Waals surface area contributed by atoms with Crippen LogP contribution in [0, 0.1) is 19.8 Å². The Morgan fingerprint density at radius 2 is 1.76 bits per heavy atom. The first-order valence-corrected chi connectivity index (χ1v) is 9.99. The number of nitrogens with zero attached hydrogens (tertiary/aromatic N) is 1. The Hall–Kier alpha value is -1.98. The number of piperidine rings is 1. The van der Waals surface area contributed by atoms with Gasteiger partial charge in [0, 0.05) is 24.6 Å². The Bertz CT molecular complexity index is 872. The minimum absolute atomic E-state index is 0.0316. The van der Waals surface area contributed by atoms with Crippen molar-refractivity contribution in [1.29, 1.82) is 0 Å². The highest BCUT2D eigenvalue weighted by Gasteiger charge is 2.33. The minimum atomic E-state index is -3.56. The summed E-state index contributed by atoms with van der Waals surface area (Å²) >= 11 is 0. The molecule has 0 spiro atoms. The highest BCUT2D eigenvalue weighted by atomic mass is 32.2. The van der Waals surface area contributed by atoms with Gasteiger partial charge in [-0.3, -0.25) is 4.79 Å². The second-order valence-electron chi connectivity index (χ2n) is 6.75. The molecule has 5 heteroatoms. The number of rotatable bonds is 4. The van der Waals surface area contributed by atoms with Gasteiger partial charge in [-0.1, -0.05) is 42.0 Å². The van der Waals surface area contributed by atoms with Gasteiger partial charge >= 0.3 is 0 Å². The van der Waals surface area contributed by atoms with E-state index in [9.17, 15) is 13.2 Å². The molecule has 1 aliphatic rings. The maximum atomic E-state index is 12.9. The third kappa shape index (κ3) is 3.83. The van der Waals surface area contributed by atoms with Gasteiger partial charge in [-0.15, -0.1) is 0 Å². The Balaban J connectivity index is 1.81. The molecule has 1 unspecified atom stereocenters. The summed E-state index contributed by atoms with van der Waals surface area (Å²) in [6.07, 6.45) is 1.43. The molecule has 3 rings (SSSR count). The molecule has 4 nitrogen and oxygen atoms in total. The number of ketones is 1. The van der Waals surface area contributed by atoms with Gasteiger partial charge in [0.05, 0.1) is 4.90 Å². The molecule has 0 saturated carbocycles. The largest absolute Gasteiger partial charge is 0.294 e. The van der Waals surface area contributed by atoms with Crippen molar-refractivity contribution in [2.75, 3.05) is 13.1 Å². The standard InChI is InChI=1S/C20H23NO3S/c1-15-8-10-17(11-9-15)20(22)18-6-4-12-21(14-18)25(23,24)19-7-3-5-16(2)13-19/h3,5,7-11,13,18H,4,6,12,14H2,1-2H3. The van der Waals surface area contributed by atoms with Crippen molar-refractivity contribution in [2.24, 2.45) is 5.92 Å². The van der Waals surface area contributed by atoms with Crippen LogP contribution in [-0.4, -0.2) is 31.6 Å². The molecule has 1 aliphatic heterocycles. The number of hydrogen-bond donors (Lipinski definition) is 0. The van der Waals surface area contributed by atoms with Crippen LogP contribution >= 0.6 is 0 Å². The number of carbonyl (C=O) groups is 1. The number of aryl methyl sites for hydroxylation is 2. The Labute approximate surface area is 149 Å². The summed E-state index contributed by atoms with van der Waals surface area (Å²) in [5.41, 5.74) is 2.67. The van der Waals surface area contributed by atoms with E-state index in [-0.39, 0.29) is 18.2 Å². The molecule has 0 N–H and O–H groups in total. The van der Waals surface area contributed by atoms with E-state index in [2.05, 4.69) is 0 Å². The zero-order chi connectivity index (χ0) is 18.0. The smallest absolute Gasteiger partial charge is 0.243 e. The molecule has 0 amide bonds. The monoisotopic (exact) mass is 357 g/mol. The first-order chi connectivity index (χ1) is 11.9. The topological polar surface area (TPSA) is 54.5 Å². The summed E-state index contributed by atoms with van der Waals surface area (Å²) in [5.74, 6) is -0.250. The van der Waals surface area contributed by atoms with Crippen molar-refractivity contribution < 1.29 is 13.2 Å². The zero-order valence-electron chi connectivity index (χ0n) is 14.6. The third-order valence-corrected chi connectivity index (χ3v) is 6.58. The number of carbonyl (C=O) groups excluding carboxylic acids is 1. The van der Waals surface area contributed by atoms with Gasteiger partial charge in [-0.25, -0.2) is 8.42 Å². The van der Waals surface area contributed by atoms with E-state index in [4.69, 9.17) is 0 Å². The molecule has 0 aliphatic carbocycles. The molecular formula is C20H23NO3S. The van der Waals surface area contributed by atoms with Crippen LogP contribution in [0.4, 0.5) is 0 Å². The van der Waals surface area contributed by atoms with Gasteiger partial charge in [0.2, 0.25) is 10.0 Å². The lowest BCUT2D eigenvalue weighted by atomic mass is 9.91. The van der Waals surface area contributed by atoms with E-state index in [1.807, 2.05) is 44.2 Å². The van der Waals surface area contributed by atoms with Gasteiger partial charge in [0.25, 0.3) is 0 Å². The number of sulfonamides is 1. The molecule has 1 saturated heterocycles. The summed E-state index contributed by atoms with van der Waals surface area (Å²) in [7, 11) is -3.56. The number of benzene rings is 2. The molecule has 0 radical (unpaired) electrons. The lowest BCUT2D eigenvalue weighted by Crippen LogP contribution is -2.42. The minimum Gasteiger partial charge on any atom is -0.294 e. The average molecular weight is 357 g/mol. The normalized spacial score (nSPS) is 18.9. The molecular weight excluding hydrogens is 334 g/mol. The molecule has 1 heterocycles. The fraction of sp³-hybridized carbons (Fsp3) is 0.350. The molecule has 1 atom stereocenters. The van der Waals surface area contributed by atoms with E-state index < -0.39 is 10.0 Å². The van der Waals surface area contributed by atoms with Crippen molar-refractivity contribution in [3.05, 3.63) is 65.2 Å². The Morgan fingerprint density at radius 1 is 1.04 bits per heavy atom. The summed E-state index contributed by atoms with van der Waals surface area (Å²) in [6, 6.07) is 14.4. The van der Waals surface area contributed by atoms with Gasteiger partial charge in [0.1, 0.15) is 0 Å². The molecule has 0 bridgehead atoms. The van der Waals surface area contributed by atoms with E-state index >= 15 is 0 Å². The quantitative estimate of drug-likeness (QED) is 0.786. The predicted octanol–water partition coefficient (Wildman–Crippen LogP) is 3.59. The maximum Gasteiger partial charge on any atom is 0.243 e. The van der Waals surface area contributed by atoms with Crippen LogP contribution in [0.2, 0.25) is 0 Å². The molecule has 2 aromatic rings. The highest BCUT2D eigenvalue weighted by Crippen LogP contribution is 2.26. The van der Waals surface area contributed by atoms with Crippen molar-refractivity contribution >= 4 is 15.8 Å². The van der Waals surface area contributed by atoms with Crippen LogP contribution in [-0.2, 0) is 10.0 Å². The fourth-order valence-electron chi connectivity index (χ4n) is 3.25. The Kier molecular flexibility index (Phi) is 5.06. The second kappa shape index (κ2) is 7.10. The van der Waals surface area contributed by atoms with Crippen molar-refractivity contribution in [3.8, 4) is 0 Å². The van der Waals surface area contributed by atoms with E-state index in [0.717, 1.165) is 17.5 Å². The lowest BCUT2D eigenvalue weighted by Gasteiger charge is -2.31. The fourth-order valence-corrected chi connectivity index (χ4v) is 4.88. The molecule has 1 fully saturated rings. The van der Waals surface area contributed by atoms with E-state index in [1.165, 1.54) is 4.31 Å². The second-order valence-corrected chi connectivity index (χ2v) is 8.69. The molecule has 132 valence electrons. The average Bonchev–Trinajstić information content (AvgIpc) is 2.62. The van der Waals surface area contributed by atoms with Crippen LogP contribution in [0.3, 0.4) is 0 Å². The van der Waals surface area contributed by atoms with Gasteiger partial charge in [0.15, 0.2) is 5.78 Å². The summed E-state index contributed by atoms with van der Waals surface area (Å²) in [5, 5.41) is 0. The summed E-state index contributed by atoms with van der Waals surface area (Å²) in [6.45, 7) is 4.57. The van der Waals surface area contributed by atoms with Crippen LogP contribution in [0.5, 0.6) is 0 Å². The SMILES string of the molecule is Cc1ccc(C(=O)C2CCCN(S(=O)(=O)c3cccc(C)c3)C2)cc1. The molecule has 25 heavy (non-hydrogen) atoms. The van der Waals surface area contributed by atoms with Crippen molar-refractivity contribution in [3.63, 3.8) is 0 Å². The Morgan fingerprint density at radius 3 is 2.44 bits per heavy atom. The van der Waals surface area contributed by atoms with Crippen LogP contribution in [0.15, 0.2) is 53.4 Å². The lowest BCUT2D eigenvalue weighted by molar-refractivity contribution is 0.0872. The van der Waals surface area contributed by atoms with Gasteiger partial charge in [-0.05, 0) is 44.4 Å². The van der Waals surface area contributed by atoms with Crippen molar-refractivity contribution in [2.45, 2.75) is 31.6 Å². The van der Waals surface area contributed by atoms with Crippen LogP contribution < -0.4 is 0 Å². The molecule has 0 aromatic heterocycles. The van der Waals surface area contributed by atoms with E-state index in [0.29, 0.717) is 23.4 Å². The van der Waals surface area contributed by atoms with Gasteiger partial charge < -0.3 is 0 Å². The number of hydrogen-bond acceptors (Lipinski definition) is 3.